The number of rotatable bonds is 31. The van der Waals surface area contributed by atoms with Crippen LogP contribution in [0.25, 0.3) is 0 Å². The van der Waals surface area contributed by atoms with Gasteiger partial charge in [-0.2, -0.15) is 0 Å². The maximum Gasteiger partial charge on any atom is 0.239 e. The van der Waals surface area contributed by atoms with Crippen LogP contribution in [0.1, 0.15) is 168 Å². The van der Waals surface area contributed by atoms with Crippen molar-refractivity contribution in [3.05, 3.63) is 0 Å². The number of aliphatic hydroxyl groups is 1. The molecule has 0 aliphatic rings. The lowest BCUT2D eigenvalue weighted by molar-refractivity contribution is -0.123. The lowest BCUT2D eigenvalue weighted by Crippen LogP contribution is -2.43. The predicted octanol–water partition coefficient (Wildman–Crippen LogP) is 8.13. The van der Waals surface area contributed by atoms with Gasteiger partial charge >= 0.3 is 0 Å². The molecule has 0 radical (unpaired) electrons. The molecule has 0 fully saturated rings. The fraction of sp³-hybridized carbons (Fsp3) is 0.970. The Balaban J connectivity index is 3.98. The third-order valence-corrected chi connectivity index (χ3v) is 7.89. The molecule has 38 heavy (non-hydrogen) atoms. The minimum absolute atomic E-state index is 0.244. The Labute approximate surface area is 238 Å². The molecular formula is C33H69N3O2. The molecule has 0 aromatic rings. The molecule has 4 N–H and O–H groups in total. The molecule has 1 amide bonds. The number of nitrogens with one attached hydrogen (secondary N) is 1. The van der Waals surface area contributed by atoms with Crippen molar-refractivity contribution in [2.45, 2.75) is 174 Å². The third-order valence-electron chi connectivity index (χ3n) is 7.89. The van der Waals surface area contributed by atoms with E-state index in [4.69, 9.17) is 10.8 Å². The number of aliphatic hydroxyl groups excluding tert-OH is 1. The van der Waals surface area contributed by atoms with Gasteiger partial charge in [0.25, 0.3) is 0 Å². The predicted molar refractivity (Wildman–Crippen MR) is 167 cm³/mol. The zero-order valence-corrected chi connectivity index (χ0v) is 26.0. The smallest absolute Gasteiger partial charge is 0.239 e. The second-order valence-corrected chi connectivity index (χ2v) is 11.7. The Bertz CT molecular complexity index is 451. The molecule has 0 aliphatic heterocycles. The molecule has 0 unspecified atom stereocenters. The van der Waals surface area contributed by atoms with E-state index in [1.54, 1.807) is 0 Å². The SMILES string of the molecule is CCCCCCCCCCCCN(CCCCCCCCCCCC)CCCCCCNC(=O)[C@H](N)CO. The highest BCUT2D eigenvalue weighted by atomic mass is 16.3. The number of hydrogen-bond donors (Lipinski definition) is 3. The summed E-state index contributed by atoms with van der Waals surface area (Å²) in [6.45, 7) is 8.70. The van der Waals surface area contributed by atoms with Crippen molar-refractivity contribution in [1.29, 1.82) is 0 Å². The monoisotopic (exact) mass is 540 g/mol. The second kappa shape index (κ2) is 30.9. The maximum atomic E-state index is 11.6. The van der Waals surface area contributed by atoms with Crippen molar-refractivity contribution < 1.29 is 9.90 Å². The van der Waals surface area contributed by atoms with Gasteiger partial charge < -0.3 is 21.1 Å². The van der Waals surface area contributed by atoms with E-state index in [0.29, 0.717) is 6.54 Å². The van der Waals surface area contributed by atoms with Crippen molar-refractivity contribution >= 4 is 5.91 Å². The summed E-state index contributed by atoms with van der Waals surface area (Å²) in [5, 5.41) is 11.8. The van der Waals surface area contributed by atoms with Crippen molar-refractivity contribution in [3.8, 4) is 0 Å². The van der Waals surface area contributed by atoms with Gasteiger partial charge in [-0.05, 0) is 45.3 Å². The molecule has 0 saturated carbocycles. The van der Waals surface area contributed by atoms with Crippen molar-refractivity contribution in [1.82, 2.24) is 10.2 Å². The quantitative estimate of drug-likeness (QED) is 0.0777. The summed E-state index contributed by atoms with van der Waals surface area (Å²) < 4.78 is 0. The van der Waals surface area contributed by atoms with Crippen LogP contribution in [0.3, 0.4) is 0 Å². The molecular weight excluding hydrogens is 470 g/mol. The topological polar surface area (TPSA) is 78.6 Å². The Kier molecular flexibility index (Phi) is 30.4. The van der Waals surface area contributed by atoms with Gasteiger partial charge in [-0.15, -0.1) is 0 Å². The molecule has 0 aromatic heterocycles. The first-order valence-corrected chi connectivity index (χ1v) is 17.0. The normalized spacial score (nSPS) is 12.3. The van der Waals surface area contributed by atoms with Crippen LogP contribution in [0.2, 0.25) is 0 Å². The molecule has 0 heterocycles. The molecule has 0 saturated heterocycles. The Morgan fingerprint density at radius 1 is 0.579 bits per heavy atom. The lowest BCUT2D eigenvalue weighted by Gasteiger charge is -2.22. The average molecular weight is 540 g/mol. The number of amides is 1. The molecule has 0 rings (SSSR count). The second-order valence-electron chi connectivity index (χ2n) is 11.7. The van der Waals surface area contributed by atoms with Gasteiger partial charge in [0.2, 0.25) is 5.91 Å². The molecule has 5 heteroatoms. The van der Waals surface area contributed by atoms with Crippen molar-refractivity contribution in [2.75, 3.05) is 32.8 Å². The van der Waals surface area contributed by atoms with E-state index in [-0.39, 0.29) is 12.5 Å². The van der Waals surface area contributed by atoms with E-state index in [1.807, 2.05) is 0 Å². The first-order chi connectivity index (χ1) is 18.7. The van der Waals surface area contributed by atoms with Gasteiger partial charge in [0.05, 0.1) is 6.61 Å². The summed E-state index contributed by atoms with van der Waals surface area (Å²) in [5.41, 5.74) is 5.54. The van der Waals surface area contributed by atoms with E-state index in [0.717, 1.165) is 12.8 Å². The molecule has 0 aromatic carbocycles. The van der Waals surface area contributed by atoms with Crippen LogP contribution < -0.4 is 11.1 Å². The van der Waals surface area contributed by atoms with Crippen LogP contribution in [0.4, 0.5) is 0 Å². The van der Waals surface area contributed by atoms with Gasteiger partial charge in [0, 0.05) is 6.54 Å². The van der Waals surface area contributed by atoms with Crippen LogP contribution in [0, 0.1) is 0 Å². The summed E-state index contributed by atoms with van der Waals surface area (Å²) in [5.74, 6) is -0.244. The average Bonchev–Trinajstić information content (AvgIpc) is 2.93. The minimum atomic E-state index is -0.792. The van der Waals surface area contributed by atoms with E-state index in [9.17, 15) is 4.79 Å². The standard InChI is InChI=1S/C33H69N3O2/c1-3-5-7-9-11-13-15-17-20-24-28-36(29-25-21-18-16-14-12-10-8-6-4-2)30-26-22-19-23-27-35-33(38)32(34)31-37/h32,37H,3-31,34H2,1-2H3,(H,35,38)/t32-/m1/s1. The van der Waals surface area contributed by atoms with Crippen molar-refractivity contribution in [2.24, 2.45) is 5.73 Å². The Morgan fingerprint density at radius 3 is 1.24 bits per heavy atom. The zero-order valence-electron chi connectivity index (χ0n) is 26.0. The molecule has 5 nitrogen and oxygen atoms in total. The van der Waals surface area contributed by atoms with Gasteiger partial charge in [0.1, 0.15) is 6.04 Å². The highest BCUT2D eigenvalue weighted by Gasteiger charge is 2.10. The number of hydrogen-bond acceptors (Lipinski definition) is 4. The molecule has 0 aliphatic carbocycles. The first-order valence-electron chi connectivity index (χ1n) is 17.0. The Hall–Kier alpha value is -0.650. The largest absolute Gasteiger partial charge is 0.394 e. The van der Waals surface area contributed by atoms with Crippen molar-refractivity contribution in [3.63, 3.8) is 0 Å². The molecule has 1 atom stereocenters. The fourth-order valence-corrected chi connectivity index (χ4v) is 5.22. The van der Waals surface area contributed by atoms with Crippen LogP contribution >= 0.6 is 0 Å². The summed E-state index contributed by atoms with van der Waals surface area (Å²) in [6.07, 6.45) is 32.7. The molecule has 0 spiro atoms. The summed E-state index contributed by atoms with van der Waals surface area (Å²) in [7, 11) is 0. The van der Waals surface area contributed by atoms with Crippen LogP contribution in [0.15, 0.2) is 0 Å². The van der Waals surface area contributed by atoms with Crippen LogP contribution in [-0.2, 0) is 4.79 Å². The zero-order chi connectivity index (χ0) is 27.9. The van der Waals surface area contributed by atoms with E-state index in [2.05, 4.69) is 24.1 Å². The molecule has 0 bridgehead atoms. The third kappa shape index (κ3) is 26.9. The van der Waals surface area contributed by atoms with E-state index >= 15 is 0 Å². The number of nitrogens with two attached hydrogens (primary N) is 1. The van der Waals surface area contributed by atoms with Gasteiger partial charge in [-0.3, -0.25) is 4.79 Å². The van der Waals surface area contributed by atoms with Gasteiger partial charge in [-0.25, -0.2) is 0 Å². The van der Waals surface area contributed by atoms with Crippen LogP contribution in [0.5, 0.6) is 0 Å². The number of nitrogens with zero attached hydrogens (tertiary/aromatic N) is 1. The summed E-state index contributed by atoms with van der Waals surface area (Å²) >= 11 is 0. The maximum absolute atomic E-state index is 11.6. The van der Waals surface area contributed by atoms with Gasteiger partial charge in [0.15, 0.2) is 0 Å². The highest BCUT2D eigenvalue weighted by Crippen LogP contribution is 2.13. The fourth-order valence-electron chi connectivity index (χ4n) is 5.22. The molecule has 228 valence electrons. The first kappa shape index (κ1) is 37.4. The van der Waals surface area contributed by atoms with Crippen LogP contribution in [-0.4, -0.2) is 54.7 Å². The van der Waals surface area contributed by atoms with E-state index < -0.39 is 6.04 Å². The van der Waals surface area contributed by atoms with E-state index in [1.165, 1.54) is 161 Å². The number of carbonyl (C=O) groups excluding carboxylic acids is 1. The number of carbonyl (C=O) groups is 1. The highest BCUT2D eigenvalue weighted by molar-refractivity contribution is 5.81. The lowest BCUT2D eigenvalue weighted by atomic mass is 10.1. The Morgan fingerprint density at radius 2 is 0.895 bits per heavy atom. The summed E-state index contributed by atoms with van der Waals surface area (Å²) in [4.78, 5) is 14.4. The summed E-state index contributed by atoms with van der Waals surface area (Å²) in [6, 6.07) is -0.792. The number of unbranched alkanes of at least 4 members (excludes halogenated alkanes) is 21. The van der Waals surface area contributed by atoms with Gasteiger partial charge in [-0.1, -0.05) is 142 Å². The minimum Gasteiger partial charge on any atom is -0.394 e.